The third-order valence-corrected chi connectivity index (χ3v) is 5.61. The molecule has 0 bridgehead atoms. The van der Waals surface area contributed by atoms with Crippen LogP contribution < -0.4 is 5.32 Å². The molecule has 2 rings (SSSR count). The predicted molar refractivity (Wildman–Crippen MR) is 77.7 cm³/mol. The van der Waals surface area contributed by atoms with E-state index >= 15 is 0 Å². The summed E-state index contributed by atoms with van der Waals surface area (Å²) in [4.78, 5) is 0. The SMILES string of the molecule is CN(C1CCCNC1)S(=O)(=O)Cc1ccc(Cl)cc1. The quantitative estimate of drug-likeness (QED) is 0.923. The van der Waals surface area contributed by atoms with Crippen LogP contribution in [0.25, 0.3) is 0 Å². The Bertz CT molecular complexity index is 510. The summed E-state index contributed by atoms with van der Waals surface area (Å²) in [6, 6.07) is 7.01. The number of benzene rings is 1. The van der Waals surface area contributed by atoms with Gasteiger partial charge in [-0.3, -0.25) is 0 Å². The number of halogens is 1. The minimum Gasteiger partial charge on any atom is -0.315 e. The minimum absolute atomic E-state index is 0.0250. The van der Waals surface area contributed by atoms with Gasteiger partial charge >= 0.3 is 0 Å². The van der Waals surface area contributed by atoms with E-state index in [-0.39, 0.29) is 11.8 Å². The lowest BCUT2D eigenvalue weighted by Crippen LogP contribution is -2.46. The molecular weight excluding hydrogens is 284 g/mol. The zero-order valence-electron chi connectivity index (χ0n) is 11.0. The fourth-order valence-electron chi connectivity index (χ4n) is 2.26. The first-order valence-corrected chi connectivity index (χ1v) is 8.38. The maximum absolute atomic E-state index is 12.3. The summed E-state index contributed by atoms with van der Waals surface area (Å²) in [5.74, 6) is 0.0250. The van der Waals surface area contributed by atoms with E-state index in [1.165, 1.54) is 4.31 Å². The number of piperidine rings is 1. The standard InChI is InChI=1S/C13H19ClN2O2S/c1-16(13-3-2-8-15-9-13)19(17,18)10-11-4-6-12(14)7-5-11/h4-7,13,15H,2-3,8-10H2,1H3. The van der Waals surface area contributed by atoms with Crippen LogP contribution >= 0.6 is 11.6 Å². The maximum atomic E-state index is 12.3. The molecule has 1 N–H and O–H groups in total. The van der Waals surface area contributed by atoms with Crippen LogP contribution in [0.15, 0.2) is 24.3 Å². The van der Waals surface area contributed by atoms with E-state index in [4.69, 9.17) is 11.6 Å². The number of likely N-dealkylation sites (N-methyl/N-ethyl adjacent to an activating group) is 1. The van der Waals surface area contributed by atoms with Crippen molar-refractivity contribution < 1.29 is 8.42 Å². The van der Waals surface area contributed by atoms with Crippen molar-refractivity contribution in [1.82, 2.24) is 9.62 Å². The van der Waals surface area contributed by atoms with Gasteiger partial charge in [0, 0.05) is 24.7 Å². The molecule has 1 aliphatic heterocycles. The molecule has 0 aliphatic carbocycles. The van der Waals surface area contributed by atoms with Gasteiger partial charge in [0.1, 0.15) is 0 Å². The molecular formula is C13H19ClN2O2S. The van der Waals surface area contributed by atoms with E-state index in [0.717, 1.165) is 31.5 Å². The fraction of sp³-hybridized carbons (Fsp3) is 0.538. The number of rotatable bonds is 4. The maximum Gasteiger partial charge on any atom is 0.218 e. The van der Waals surface area contributed by atoms with Gasteiger partial charge in [-0.25, -0.2) is 12.7 Å². The van der Waals surface area contributed by atoms with Crippen LogP contribution in [0.5, 0.6) is 0 Å². The lowest BCUT2D eigenvalue weighted by molar-refractivity contribution is 0.300. The number of sulfonamides is 1. The lowest BCUT2D eigenvalue weighted by atomic mass is 10.1. The molecule has 0 aromatic heterocycles. The number of hydrogen-bond acceptors (Lipinski definition) is 3. The molecule has 1 aromatic carbocycles. The van der Waals surface area contributed by atoms with E-state index in [1.807, 2.05) is 0 Å². The smallest absolute Gasteiger partial charge is 0.218 e. The molecule has 1 saturated heterocycles. The predicted octanol–water partition coefficient (Wildman–Crippen LogP) is 1.85. The van der Waals surface area contributed by atoms with Crippen LogP contribution in [-0.2, 0) is 15.8 Å². The molecule has 106 valence electrons. The van der Waals surface area contributed by atoms with Crippen LogP contribution in [-0.4, -0.2) is 38.9 Å². The third-order valence-electron chi connectivity index (χ3n) is 3.49. The highest BCUT2D eigenvalue weighted by molar-refractivity contribution is 7.88. The first-order chi connectivity index (χ1) is 8.99. The van der Waals surface area contributed by atoms with Gasteiger partial charge in [0.05, 0.1) is 5.75 Å². The first kappa shape index (κ1) is 14.8. The minimum atomic E-state index is -3.28. The number of hydrogen-bond donors (Lipinski definition) is 1. The topological polar surface area (TPSA) is 49.4 Å². The average Bonchev–Trinajstić information content (AvgIpc) is 2.41. The Hall–Kier alpha value is -0.620. The molecule has 1 unspecified atom stereocenters. The van der Waals surface area contributed by atoms with Crippen molar-refractivity contribution in [3.8, 4) is 0 Å². The summed E-state index contributed by atoms with van der Waals surface area (Å²) in [7, 11) is -1.61. The Morgan fingerprint density at radius 2 is 2.05 bits per heavy atom. The van der Waals surface area contributed by atoms with Gasteiger partial charge in [0.25, 0.3) is 0 Å². The third kappa shape index (κ3) is 3.92. The number of nitrogens with one attached hydrogen (secondary N) is 1. The molecule has 1 heterocycles. The van der Waals surface area contributed by atoms with Crippen molar-refractivity contribution in [2.75, 3.05) is 20.1 Å². The summed E-state index contributed by atoms with van der Waals surface area (Å²) in [6.07, 6.45) is 1.94. The van der Waals surface area contributed by atoms with E-state index in [1.54, 1.807) is 31.3 Å². The fourth-order valence-corrected chi connectivity index (χ4v) is 3.84. The largest absolute Gasteiger partial charge is 0.315 e. The highest BCUT2D eigenvalue weighted by atomic mass is 35.5. The molecule has 4 nitrogen and oxygen atoms in total. The van der Waals surface area contributed by atoms with Gasteiger partial charge < -0.3 is 5.32 Å². The van der Waals surface area contributed by atoms with Crippen molar-refractivity contribution in [3.63, 3.8) is 0 Å². The molecule has 0 radical (unpaired) electrons. The number of nitrogens with zero attached hydrogens (tertiary/aromatic N) is 1. The second kappa shape index (κ2) is 6.22. The van der Waals surface area contributed by atoms with Gasteiger partial charge in [-0.05, 0) is 37.1 Å². The van der Waals surface area contributed by atoms with E-state index in [9.17, 15) is 8.42 Å². The van der Waals surface area contributed by atoms with Crippen molar-refractivity contribution >= 4 is 21.6 Å². The van der Waals surface area contributed by atoms with Gasteiger partial charge in [0.2, 0.25) is 10.0 Å². The monoisotopic (exact) mass is 302 g/mol. The molecule has 19 heavy (non-hydrogen) atoms. The molecule has 1 aliphatic rings. The molecule has 0 spiro atoms. The average molecular weight is 303 g/mol. The van der Waals surface area contributed by atoms with Crippen LogP contribution in [0.3, 0.4) is 0 Å². The van der Waals surface area contributed by atoms with Crippen molar-refractivity contribution in [1.29, 1.82) is 0 Å². The van der Waals surface area contributed by atoms with Crippen LogP contribution in [0.1, 0.15) is 18.4 Å². The van der Waals surface area contributed by atoms with Crippen LogP contribution in [0, 0.1) is 0 Å². The van der Waals surface area contributed by atoms with E-state index < -0.39 is 10.0 Å². The van der Waals surface area contributed by atoms with Crippen LogP contribution in [0.2, 0.25) is 5.02 Å². The van der Waals surface area contributed by atoms with Gasteiger partial charge in [-0.15, -0.1) is 0 Å². The lowest BCUT2D eigenvalue weighted by Gasteiger charge is -2.30. The zero-order chi connectivity index (χ0) is 13.9. The Balaban J connectivity index is 2.06. The van der Waals surface area contributed by atoms with Gasteiger partial charge in [-0.1, -0.05) is 23.7 Å². The van der Waals surface area contributed by atoms with Gasteiger partial charge in [0.15, 0.2) is 0 Å². The Morgan fingerprint density at radius 3 is 2.63 bits per heavy atom. The second-order valence-corrected chi connectivity index (χ2v) is 7.36. The van der Waals surface area contributed by atoms with Crippen molar-refractivity contribution in [2.45, 2.75) is 24.6 Å². The van der Waals surface area contributed by atoms with Crippen molar-refractivity contribution in [3.05, 3.63) is 34.9 Å². The van der Waals surface area contributed by atoms with Crippen LogP contribution in [0.4, 0.5) is 0 Å². The molecule has 1 fully saturated rings. The highest BCUT2D eigenvalue weighted by Gasteiger charge is 2.27. The summed E-state index contributed by atoms with van der Waals surface area (Å²) in [6.45, 7) is 1.71. The summed E-state index contributed by atoms with van der Waals surface area (Å²) >= 11 is 5.80. The molecule has 1 atom stereocenters. The molecule has 0 saturated carbocycles. The van der Waals surface area contributed by atoms with E-state index in [2.05, 4.69) is 5.32 Å². The highest BCUT2D eigenvalue weighted by Crippen LogP contribution is 2.17. The normalized spacial score (nSPS) is 20.7. The zero-order valence-corrected chi connectivity index (χ0v) is 12.5. The summed E-state index contributed by atoms with van der Waals surface area (Å²) in [5.41, 5.74) is 0.764. The second-order valence-electron chi connectivity index (χ2n) is 4.90. The van der Waals surface area contributed by atoms with E-state index in [0.29, 0.717) is 5.02 Å². The Kier molecular flexibility index (Phi) is 4.84. The Labute approximate surface area is 119 Å². The molecule has 6 heteroatoms. The Morgan fingerprint density at radius 1 is 1.37 bits per heavy atom. The van der Waals surface area contributed by atoms with Gasteiger partial charge in [-0.2, -0.15) is 0 Å². The summed E-state index contributed by atoms with van der Waals surface area (Å²) < 4.78 is 26.2. The molecule has 1 aromatic rings. The summed E-state index contributed by atoms with van der Waals surface area (Å²) in [5, 5.41) is 3.85. The first-order valence-electron chi connectivity index (χ1n) is 6.40. The molecule has 0 amide bonds. The van der Waals surface area contributed by atoms with Crippen molar-refractivity contribution in [2.24, 2.45) is 0 Å².